The van der Waals surface area contributed by atoms with Crippen LogP contribution in [0.1, 0.15) is 34.5 Å². The zero-order chi connectivity index (χ0) is 16.4. The second-order valence-electron chi connectivity index (χ2n) is 5.65. The van der Waals surface area contributed by atoms with Crippen molar-refractivity contribution in [2.45, 2.75) is 26.3 Å². The van der Waals surface area contributed by atoms with E-state index >= 15 is 0 Å². The van der Waals surface area contributed by atoms with E-state index < -0.39 is 0 Å². The monoisotopic (exact) mass is 330 g/mol. The second-order valence-corrected chi connectivity index (χ2v) is 6.54. The number of nitrogens with zero attached hydrogens (tertiary/aromatic N) is 1. The zero-order valence-electron chi connectivity index (χ0n) is 12.8. The van der Waals surface area contributed by atoms with Gasteiger partial charge in [-0.25, -0.2) is 4.98 Å². The van der Waals surface area contributed by atoms with Gasteiger partial charge in [-0.2, -0.15) is 0 Å². The summed E-state index contributed by atoms with van der Waals surface area (Å²) >= 11 is 1.34. The first-order chi connectivity index (χ1) is 11.0. The van der Waals surface area contributed by atoms with Crippen LogP contribution in [0, 0.1) is 12.8 Å². The highest BCUT2D eigenvalue weighted by molar-refractivity contribution is 7.13. The number of nitrogens with one attached hydrogen (secondary N) is 2. The van der Waals surface area contributed by atoms with E-state index in [1.54, 1.807) is 12.1 Å². The highest BCUT2D eigenvalue weighted by Crippen LogP contribution is 2.30. The number of nitrogen functional groups attached to an aromatic ring is 1. The third-order valence-corrected chi connectivity index (χ3v) is 4.43. The Labute approximate surface area is 138 Å². The molecule has 2 aromatic rings. The van der Waals surface area contributed by atoms with Crippen LogP contribution in [0.2, 0.25) is 0 Å². The molecule has 1 heterocycles. The van der Waals surface area contributed by atoms with Crippen molar-refractivity contribution in [2.75, 3.05) is 11.1 Å². The van der Waals surface area contributed by atoms with Crippen LogP contribution in [0.25, 0.3) is 0 Å². The van der Waals surface area contributed by atoms with Crippen LogP contribution < -0.4 is 16.4 Å². The highest BCUT2D eigenvalue weighted by atomic mass is 32.1. The van der Waals surface area contributed by atoms with E-state index in [0.717, 1.165) is 24.1 Å². The average molecular weight is 330 g/mol. The molecule has 0 spiro atoms. The van der Waals surface area contributed by atoms with E-state index in [0.29, 0.717) is 22.9 Å². The van der Waals surface area contributed by atoms with E-state index in [-0.39, 0.29) is 17.7 Å². The SMILES string of the molecule is Cc1ccc(C(=O)NCc2csc(N)n2)cc1NC(=O)C1CC1. The number of aromatic nitrogens is 1. The van der Waals surface area contributed by atoms with Gasteiger partial charge in [0, 0.05) is 22.5 Å². The Morgan fingerprint density at radius 1 is 1.39 bits per heavy atom. The standard InChI is InChI=1S/C16H18N4O2S/c1-9-2-3-11(6-13(9)20-15(22)10-4-5-10)14(21)18-7-12-8-23-16(17)19-12/h2-3,6,8,10H,4-5,7H2,1H3,(H2,17,19)(H,18,21)(H,20,22). The maximum absolute atomic E-state index is 12.2. The molecular weight excluding hydrogens is 312 g/mol. The summed E-state index contributed by atoms with van der Waals surface area (Å²) in [5.74, 6) is -0.0518. The number of anilines is 2. The van der Waals surface area contributed by atoms with Crippen molar-refractivity contribution in [3.8, 4) is 0 Å². The highest BCUT2D eigenvalue weighted by Gasteiger charge is 2.29. The lowest BCUT2D eigenvalue weighted by atomic mass is 10.1. The minimum absolute atomic E-state index is 0.0311. The molecule has 7 heteroatoms. The molecule has 23 heavy (non-hydrogen) atoms. The molecule has 1 aromatic heterocycles. The van der Waals surface area contributed by atoms with Crippen molar-refractivity contribution < 1.29 is 9.59 Å². The third-order valence-electron chi connectivity index (χ3n) is 3.71. The second kappa shape index (κ2) is 6.37. The Kier molecular flexibility index (Phi) is 4.29. The molecule has 0 atom stereocenters. The van der Waals surface area contributed by atoms with Crippen LogP contribution in [0.4, 0.5) is 10.8 Å². The number of benzene rings is 1. The van der Waals surface area contributed by atoms with Gasteiger partial charge in [0.25, 0.3) is 5.91 Å². The lowest BCUT2D eigenvalue weighted by Crippen LogP contribution is -2.23. The summed E-state index contributed by atoms with van der Waals surface area (Å²) in [6.45, 7) is 2.23. The fourth-order valence-corrected chi connectivity index (χ4v) is 2.72. The van der Waals surface area contributed by atoms with Crippen LogP contribution in [-0.4, -0.2) is 16.8 Å². The van der Waals surface area contributed by atoms with Crippen LogP contribution in [0.5, 0.6) is 0 Å². The molecule has 0 radical (unpaired) electrons. The fraction of sp³-hybridized carbons (Fsp3) is 0.312. The molecule has 0 aliphatic heterocycles. The van der Waals surface area contributed by atoms with Gasteiger partial charge in [0.2, 0.25) is 5.91 Å². The van der Waals surface area contributed by atoms with Gasteiger partial charge in [0.15, 0.2) is 5.13 Å². The van der Waals surface area contributed by atoms with E-state index in [2.05, 4.69) is 15.6 Å². The van der Waals surface area contributed by atoms with E-state index in [1.165, 1.54) is 11.3 Å². The van der Waals surface area contributed by atoms with Gasteiger partial charge in [-0.15, -0.1) is 11.3 Å². The van der Waals surface area contributed by atoms with Gasteiger partial charge in [-0.05, 0) is 37.5 Å². The topological polar surface area (TPSA) is 97.1 Å². The maximum Gasteiger partial charge on any atom is 0.251 e. The molecule has 1 fully saturated rings. The van der Waals surface area contributed by atoms with Crippen molar-refractivity contribution in [2.24, 2.45) is 5.92 Å². The molecule has 1 saturated carbocycles. The summed E-state index contributed by atoms with van der Waals surface area (Å²) in [7, 11) is 0. The first-order valence-corrected chi connectivity index (χ1v) is 8.30. The van der Waals surface area contributed by atoms with Gasteiger partial charge in [-0.1, -0.05) is 6.07 Å². The number of carbonyl (C=O) groups is 2. The van der Waals surface area contributed by atoms with Crippen molar-refractivity contribution >= 4 is 34.0 Å². The minimum atomic E-state index is -0.210. The lowest BCUT2D eigenvalue weighted by Gasteiger charge is -2.10. The number of aryl methyl sites for hydroxylation is 1. The molecule has 4 N–H and O–H groups in total. The van der Waals surface area contributed by atoms with Crippen molar-refractivity contribution in [3.63, 3.8) is 0 Å². The summed E-state index contributed by atoms with van der Waals surface area (Å²) in [5, 5.41) is 7.99. The number of rotatable bonds is 5. The molecule has 6 nitrogen and oxygen atoms in total. The van der Waals surface area contributed by atoms with E-state index in [9.17, 15) is 9.59 Å². The smallest absolute Gasteiger partial charge is 0.251 e. The molecule has 0 saturated heterocycles. The van der Waals surface area contributed by atoms with Crippen LogP contribution >= 0.6 is 11.3 Å². The number of nitrogens with two attached hydrogens (primary N) is 1. The Hall–Kier alpha value is -2.41. The molecule has 0 bridgehead atoms. The first-order valence-electron chi connectivity index (χ1n) is 7.42. The Balaban J connectivity index is 1.66. The normalized spacial score (nSPS) is 13.6. The Morgan fingerprint density at radius 2 is 2.17 bits per heavy atom. The third kappa shape index (κ3) is 3.87. The predicted octanol–water partition coefficient (Wildman–Crippen LogP) is 2.31. The molecule has 0 unspecified atom stereocenters. The van der Waals surface area contributed by atoms with Crippen molar-refractivity contribution in [1.29, 1.82) is 0 Å². The number of carbonyl (C=O) groups excluding carboxylic acids is 2. The number of amides is 2. The van der Waals surface area contributed by atoms with Crippen molar-refractivity contribution in [1.82, 2.24) is 10.3 Å². The minimum Gasteiger partial charge on any atom is -0.375 e. The van der Waals surface area contributed by atoms with Gasteiger partial charge in [-0.3, -0.25) is 9.59 Å². The predicted molar refractivity (Wildman–Crippen MR) is 90.2 cm³/mol. The van der Waals surface area contributed by atoms with Gasteiger partial charge in [0.1, 0.15) is 0 Å². The molecule has 1 aromatic carbocycles. The molecule has 1 aliphatic carbocycles. The first kappa shape index (κ1) is 15.5. The van der Waals surface area contributed by atoms with Crippen molar-refractivity contribution in [3.05, 3.63) is 40.4 Å². The Bertz CT molecular complexity index is 752. The van der Waals surface area contributed by atoms with Gasteiger partial charge in [0.05, 0.1) is 12.2 Å². The summed E-state index contributed by atoms with van der Waals surface area (Å²) < 4.78 is 0. The largest absolute Gasteiger partial charge is 0.375 e. The summed E-state index contributed by atoms with van der Waals surface area (Å²) in [6.07, 6.45) is 1.89. The summed E-state index contributed by atoms with van der Waals surface area (Å²) in [5.41, 5.74) is 8.42. The average Bonchev–Trinajstić information content (AvgIpc) is 3.30. The molecule has 2 amide bonds. The molecule has 120 valence electrons. The van der Waals surface area contributed by atoms with Gasteiger partial charge < -0.3 is 16.4 Å². The Morgan fingerprint density at radius 3 is 2.83 bits per heavy atom. The summed E-state index contributed by atoms with van der Waals surface area (Å²) in [4.78, 5) is 28.2. The number of thiazole rings is 1. The lowest BCUT2D eigenvalue weighted by molar-refractivity contribution is -0.117. The maximum atomic E-state index is 12.2. The fourth-order valence-electron chi connectivity index (χ4n) is 2.15. The zero-order valence-corrected chi connectivity index (χ0v) is 13.6. The van der Waals surface area contributed by atoms with E-state index in [4.69, 9.17) is 5.73 Å². The quantitative estimate of drug-likeness (QED) is 0.783. The van der Waals surface area contributed by atoms with Crippen LogP contribution in [-0.2, 0) is 11.3 Å². The van der Waals surface area contributed by atoms with Crippen LogP contribution in [0.3, 0.4) is 0 Å². The molecule has 1 aliphatic rings. The van der Waals surface area contributed by atoms with Crippen LogP contribution in [0.15, 0.2) is 23.6 Å². The van der Waals surface area contributed by atoms with E-state index in [1.807, 2.05) is 18.4 Å². The molecule has 3 rings (SSSR count). The number of hydrogen-bond donors (Lipinski definition) is 3. The molecular formula is C16H18N4O2S. The van der Waals surface area contributed by atoms with Gasteiger partial charge >= 0.3 is 0 Å². The number of hydrogen-bond acceptors (Lipinski definition) is 5. The summed E-state index contributed by atoms with van der Waals surface area (Å²) in [6, 6.07) is 5.28.